The van der Waals surface area contributed by atoms with Gasteiger partial charge in [-0.1, -0.05) is 0 Å². The molecular formula is C12H20N4S. The smallest absolute Gasteiger partial charge is 0.205 e. The Hall–Kier alpha value is -0.680. The van der Waals surface area contributed by atoms with Crippen LogP contribution in [0, 0.1) is 5.92 Å². The normalized spacial score (nSPS) is 29.6. The summed E-state index contributed by atoms with van der Waals surface area (Å²) in [4.78, 5) is 7.11. The van der Waals surface area contributed by atoms with Crippen LogP contribution in [0.15, 0.2) is 0 Å². The van der Waals surface area contributed by atoms with Crippen LogP contribution in [0.3, 0.4) is 0 Å². The van der Waals surface area contributed by atoms with Gasteiger partial charge >= 0.3 is 0 Å². The van der Waals surface area contributed by atoms with Crippen LogP contribution in [0.25, 0.3) is 0 Å². The molecule has 0 spiro atoms. The predicted molar refractivity (Wildman–Crippen MR) is 70.5 cm³/mol. The Kier molecular flexibility index (Phi) is 3.04. The highest BCUT2D eigenvalue weighted by Gasteiger charge is 2.31. The quantitative estimate of drug-likeness (QED) is 0.893. The lowest BCUT2D eigenvalue weighted by Crippen LogP contribution is -2.43. The zero-order chi connectivity index (χ0) is 11.8. The number of aromatic nitrogens is 2. The van der Waals surface area contributed by atoms with Gasteiger partial charge in [0.1, 0.15) is 5.82 Å². The van der Waals surface area contributed by atoms with Crippen molar-refractivity contribution < 1.29 is 0 Å². The third-order valence-corrected chi connectivity index (χ3v) is 4.70. The third kappa shape index (κ3) is 2.31. The molecule has 0 bridgehead atoms. The average Bonchev–Trinajstić information content (AvgIpc) is 3.09. The zero-order valence-corrected chi connectivity index (χ0v) is 11.1. The van der Waals surface area contributed by atoms with Gasteiger partial charge < -0.3 is 10.6 Å². The second kappa shape index (κ2) is 4.53. The number of hydrogen-bond donors (Lipinski definition) is 1. The zero-order valence-electron chi connectivity index (χ0n) is 10.3. The minimum Gasteiger partial charge on any atom is -0.344 e. The van der Waals surface area contributed by atoms with Gasteiger partial charge in [-0.25, -0.2) is 4.98 Å². The van der Waals surface area contributed by atoms with E-state index in [1.165, 1.54) is 25.7 Å². The molecule has 5 heteroatoms. The third-order valence-electron chi connectivity index (χ3n) is 3.93. The fraction of sp³-hybridized carbons (Fsp3) is 0.833. The van der Waals surface area contributed by atoms with E-state index in [-0.39, 0.29) is 0 Å². The number of hydrogen-bond acceptors (Lipinski definition) is 5. The Balaban J connectivity index is 1.75. The molecular weight excluding hydrogens is 232 g/mol. The highest BCUT2D eigenvalue weighted by molar-refractivity contribution is 7.09. The number of piperidine rings is 1. The van der Waals surface area contributed by atoms with E-state index < -0.39 is 0 Å². The van der Waals surface area contributed by atoms with Crippen molar-refractivity contribution in [3.63, 3.8) is 0 Å². The van der Waals surface area contributed by atoms with Crippen molar-refractivity contribution in [1.29, 1.82) is 0 Å². The standard InChI is InChI=1S/C12H20N4S/c1-8-2-3-9(6-13)7-16(8)12-14-11(15-17-12)10-4-5-10/h8-10H,2-7,13H2,1H3. The van der Waals surface area contributed by atoms with Gasteiger partial charge in [0.05, 0.1) is 0 Å². The Morgan fingerprint density at radius 3 is 2.88 bits per heavy atom. The van der Waals surface area contributed by atoms with Gasteiger partial charge in [0, 0.05) is 30.0 Å². The van der Waals surface area contributed by atoms with E-state index in [2.05, 4.69) is 16.2 Å². The molecule has 1 aromatic rings. The second-order valence-electron chi connectivity index (χ2n) is 5.39. The molecule has 1 saturated carbocycles. The summed E-state index contributed by atoms with van der Waals surface area (Å²) < 4.78 is 4.50. The summed E-state index contributed by atoms with van der Waals surface area (Å²) in [5, 5.41) is 1.11. The van der Waals surface area contributed by atoms with Crippen molar-refractivity contribution in [2.45, 2.75) is 44.6 Å². The van der Waals surface area contributed by atoms with Gasteiger partial charge in [0.15, 0.2) is 0 Å². The first-order valence-electron chi connectivity index (χ1n) is 6.58. The summed E-state index contributed by atoms with van der Waals surface area (Å²) in [6, 6.07) is 0.581. The van der Waals surface area contributed by atoms with Crippen molar-refractivity contribution in [1.82, 2.24) is 9.36 Å². The van der Waals surface area contributed by atoms with Gasteiger partial charge in [-0.05, 0) is 45.1 Å². The highest BCUT2D eigenvalue weighted by atomic mass is 32.1. The SMILES string of the molecule is CC1CCC(CN)CN1c1nc(C2CC2)ns1. The van der Waals surface area contributed by atoms with E-state index in [0.717, 1.165) is 24.0 Å². The summed E-state index contributed by atoms with van der Waals surface area (Å²) in [5.41, 5.74) is 5.79. The molecule has 2 atom stereocenters. The molecule has 0 radical (unpaired) electrons. The first-order valence-corrected chi connectivity index (χ1v) is 7.35. The highest BCUT2D eigenvalue weighted by Crippen LogP contribution is 2.40. The molecule has 1 aromatic heterocycles. The molecule has 2 unspecified atom stereocenters. The van der Waals surface area contributed by atoms with E-state index >= 15 is 0 Å². The maximum absolute atomic E-state index is 5.79. The van der Waals surface area contributed by atoms with E-state index in [1.807, 2.05) is 0 Å². The van der Waals surface area contributed by atoms with Crippen LogP contribution in [-0.4, -0.2) is 28.5 Å². The Morgan fingerprint density at radius 1 is 1.35 bits per heavy atom. The van der Waals surface area contributed by atoms with Gasteiger partial charge in [0.25, 0.3) is 0 Å². The van der Waals surface area contributed by atoms with Crippen LogP contribution in [0.1, 0.15) is 44.3 Å². The fourth-order valence-electron chi connectivity index (χ4n) is 2.49. The fourth-order valence-corrected chi connectivity index (χ4v) is 3.35. The molecule has 2 N–H and O–H groups in total. The number of nitrogens with zero attached hydrogens (tertiary/aromatic N) is 3. The van der Waals surface area contributed by atoms with Crippen molar-refractivity contribution in [3.8, 4) is 0 Å². The van der Waals surface area contributed by atoms with Crippen LogP contribution in [0.2, 0.25) is 0 Å². The van der Waals surface area contributed by atoms with Crippen LogP contribution < -0.4 is 10.6 Å². The van der Waals surface area contributed by atoms with Crippen LogP contribution in [0.5, 0.6) is 0 Å². The minimum atomic E-state index is 0.581. The summed E-state index contributed by atoms with van der Waals surface area (Å²) in [6.45, 7) is 4.12. The van der Waals surface area contributed by atoms with Crippen molar-refractivity contribution in [2.75, 3.05) is 18.0 Å². The van der Waals surface area contributed by atoms with Crippen molar-refractivity contribution >= 4 is 16.7 Å². The maximum Gasteiger partial charge on any atom is 0.205 e. The monoisotopic (exact) mass is 252 g/mol. The van der Waals surface area contributed by atoms with E-state index in [1.54, 1.807) is 11.5 Å². The molecule has 1 aliphatic heterocycles. The van der Waals surface area contributed by atoms with Crippen molar-refractivity contribution in [2.24, 2.45) is 11.7 Å². The van der Waals surface area contributed by atoms with Gasteiger partial charge in [0.2, 0.25) is 5.13 Å². The van der Waals surface area contributed by atoms with E-state index in [4.69, 9.17) is 10.7 Å². The number of nitrogens with two attached hydrogens (primary N) is 1. The summed E-state index contributed by atoms with van der Waals surface area (Å²) >= 11 is 1.56. The average molecular weight is 252 g/mol. The molecule has 0 amide bonds. The molecule has 2 fully saturated rings. The lowest BCUT2D eigenvalue weighted by atomic mass is 9.94. The van der Waals surface area contributed by atoms with Crippen LogP contribution in [0.4, 0.5) is 5.13 Å². The summed E-state index contributed by atoms with van der Waals surface area (Å²) in [5.74, 6) is 2.36. The molecule has 2 aliphatic rings. The van der Waals surface area contributed by atoms with Crippen LogP contribution in [-0.2, 0) is 0 Å². The molecule has 0 aromatic carbocycles. The summed E-state index contributed by atoms with van der Waals surface area (Å²) in [6.07, 6.45) is 5.02. The van der Waals surface area contributed by atoms with E-state index in [0.29, 0.717) is 17.9 Å². The predicted octanol–water partition coefficient (Wildman–Crippen LogP) is 1.98. The molecule has 17 heavy (non-hydrogen) atoms. The Labute approximate surface area is 106 Å². The molecule has 3 rings (SSSR count). The first-order chi connectivity index (χ1) is 8.28. The topological polar surface area (TPSA) is 55.0 Å². The minimum absolute atomic E-state index is 0.581. The Bertz CT molecular complexity index is 388. The lowest BCUT2D eigenvalue weighted by molar-refractivity contribution is 0.373. The molecule has 94 valence electrons. The molecule has 1 saturated heterocycles. The summed E-state index contributed by atoms with van der Waals surface area (Å²) in [7, 11) is 0. The molecule has 4 nitrogen and oxygen atoms in total. The van der Waals surface area contributed by atoms with Gasteiger partial charge in [-0.3, -0.25) is 0 Å². The second-order valence-corrected chi connectivity index (χ2v) is 6.12. The lowest BCUT2D eigenvalue weighted by Gasteiger charge is -2.37. The largest absolute Gasteiger partial charge is 0.344 e. The first kappa shape index (κ1) is 11.4. The van der Waals surface area contributed by atoms with Crippen molar-refractivity contribution in [3.05, 3.63) is 5.82 Å². The van der Waals surface area contributed by atoms with Gasteiger partial charge in [-0.2, -0.15) is 4.37 Å². The van der Waals surface area contributed by atoms with Crippen LogP contribution >= 0.6 is 11.5 Å². The Morgan fingerprint density at radius 2 is 2.18 bits per heavy atom. The molecule has 2 heterocycles. The van der Waals surface area contributed by atoms with E-state index in [9.17, 15) is 0 Å². The number of rotatable bonds is 3. The number of anilines is 1. The molecule has 1 aliphatic carbocycles. The maximum atomic E-state index is 5.79. The van der Waals surface area contributed by atoms with Gasteiger partial charge in [-0.15, -0.1) is 0 Å².